The van der Waals surface area contributed by atoms with Crippen molar-refractivity contribution < 1.29 is 19.1 Å². The largest absolute Gasteiger partial charge is 0.490 e. The molecular weight excluding hydrogens is 388 g/mol. The van der Waals surface area contributed by atoms with Gasteiger partial charge in [0.05, 0.1) is 30.2 Å². The number of thioether (sulfide) groups is 1. The van der Waals surface area contributed by atoms with E-state index in [9.17, 15) is 9.59 Å². The van der Waals surface area contributed by atoms with Crippen molar-refractivity contribution in [1.82, 2.24) is 5.32 Å². The molecule has 1 aliphatic heterocycles. The molecule has 1 heterocycles. The van der Waals surface area contributed by atoms with E-state index in [1.807, 2.05) is 63.2 Å². The zero-order valence-corrected chi connectivity index (χ0v) is 17.7. The van der Waals surface area contributed by atoms with Crippen molar-refractivity contribution in [2.75, 3.05) is 18.5 Å². The number of para-hydroxylation sites is 1. The van der Waals surface area contributed by atoms with E-state index in [4.69, 9.17) is 9.47 Å². The van der Waals surface area contributed by atoms with Crippen LogP contribution < -0.4 is 20.1 Å². The third kappa shape index (κ3) is 5.23. The summed E-state index contributed by atoms with van der Waals surface area (Å²) in [6, 6.07) is 13.0. The number of amides is 2. The highest BCUT2D eigenvalue weighted by atomic mass is 32.2. The summed E-state index contributed by atoms with van der Waals surface area (Å²) in [5, 5.41) is 5.40. The van der Waals surface area contributed by atoms with Gasteiger partial charge in [-0.15, -0.1) is 11.8 Å². The molecule has 2 amide bonds. The third-order valence-corrected chi connectivity index (χ3v) is 5.80. The van der Waals surface area contributed by atoms with Crippen LogP contribution in [-0.2, 0) is 9.59 Å². The molecule has 0 bridgehead atoms. The summed E-state index contributed by atoms with van der Waals surface area (Å²) in [6.07, 6.45) is 0.116. The molecule has 0 aliphatic carbocycles. The molecule has 0 aromatic heterocycles. The molecule has 0 spiro atoms. The molecular formula is C22H26N2O4S. The molecule has 0 saturated carbocycles. The summed E-state index contributed by atoms with van der Waals surface area (Å²) < 4.78 is 11.2. The SMILES string of the molecule is CCOc1ccc(C(C)NC(=O)CC2Sc3ccccc3NC2=O)cc1OCC. The molecule has 7 heteroatoms. The lowest BCUT2D eigenvalue weighted by Gasteiger charge is -2.24. The predicted molar refractivity (Wildman–Crippen MR) is 115 cm³/mol. The lowest BCUT2D eigenvalue weighted by Crippen LogP contribution is -2.35. The van der Waals surface area contributed by atoms with Crippen molar-refractivity contribution in [1.29, 1.82) is 0 Å². The van der Waals surface area contributed by atoms with Crippen LogP contribution in [0.2, 0.25) is 0 Å². The highest BCUT2D eigenvalue weighted by molar-refractivity contribution is 8.01. The van der Waals surface area contributed by atoms with E-state index in [2.05, 4.69) is 10.6 Å². The lowest BCUT2D eigenvalue weighted by atomic mass is 10.1. The summed E-state index contributed by atoms with van der Waals surface area (Å²) in [6.45, 7) is 6.82. The second-order valence-corrected chi connectivity index (χ2v) is 7.90. The number of carbonyl (C=O) groups excluding carboxylic acids is 2. The first kappa shape index (κ1) is 21.0. The zero-order valence-electron chi connectivity index (χ0n) is 16.9. The van der Waals surface area contributed by atoms with Crippen LogP contribution >= 0.6 is 11.8 Å². The lowest BCUT2D eigenvalue weighted by molar-refractivity contribution is -0.124. The van der Waals surface area contributed by atoms with Crippen LogP contribution in [0.1, 0.15) is 38.8 Å². The van der Waals surface area contributed by atoms with Gasteiger partial charge in [-0.25, -0.2) is 0 Å². The van der Waals surface area contributed by atoms with Gasteiger partial charge >= 0.3 is 0 Å². The van der Waals surface area contributed by atoms with Gasteiger partial charge in [0.2, 0.25) is 11.8 Å². The zero-order chi connectivity index (χ0) is 20.8. The quantitative estimate of drug-likeness (QED) is 0.678. The van der Waals surface area contributed by atoms with Gasteiger partial charge in [-0.3, -0.25) is 9.59 Å². The Balaban J connectivity index is 1.63. The van der Waals surface area contributed by atoms with E-state index in [0.717, 1.165) is 16.1 Å². The predicted octanol–water partition coefficient (Wildman–Crippen LogP) is 4.16. The van der Waals surface area contributed by atoms with Crippen LogP contribution in [0.15, 0.2) is 47.4 Å². The first-order chi connectivity index (χ1) is 14.0. The van der Waals surface area contributed by atoms with Crippen LogP contribution in [-0.4, -0.2) is 30.3 Å². The Bertz CT molecular complexity index is 887. The van der Waals surface area contributed by atoms with Gasteiger partial charge in [-0.2, -0.15) is 0 Å². The number of carbonyl (C=O) groups is 2. The first-order valence-corrected chi connectivity index (χ1v) is 10.6. The fourth-order valence-corrected chi connectivity index (χ4v) is 4.23. The van der Waals surface area contributed by atoms with Gasteiger partial charge in [0, 0.05) is 11.3 Å². The number of fused-ring (bicyclic) bond motifs is 1. The summed E-state index contributed by atoms with van der Waals surface area (Å²) in [4.78, 5) is 25.9. The number of hydrogen-bond acceptors (Lipinski definition) is 5. The summed E-state index contributed by atoms with van der Waals surface area (Å²) in [5.41, 5.74) is 1.71. The fourth-order valence-electron chi connectivity index (χ4n) is 3.12. The smallest absolute Gasteiger partial charge is 0.238 e. The second kappa shape index (κ2) is 9.69. The van der Waals surface area contributed by atoms with E-state index < -0.39 is 5.25 Å². The van der Waals surface area contributed by atoms with Crippen molar-refractivity contribution in [3.05, 3.63) is 48.0 Å². The van der Waals surface area contributed by atoms with Crippen molar-refractivity contribution >= 4 is 29.3 Å². The molecule has 154 valence electrons. The van der Waals surface area contributed by atoms with Gasteiger partial charge < -0.3 is 20.1 Å². The van der Waals surface area contributed by atoms with Crippen molar-refractivity contribution in [3.63, 3.8) is 0 Å². The molecule has 2 aromatic carbocycles. The Hall–Kier alpha value is -2.67. The van der Waals surface area contributed by atoms with E-state index in [1.54, 1.807) is 0 Å². The van der Waals surface area contributed by atoms with Crippen molar-refractivity contribution in [2.24, 2.45) is 0 Å². The minimum atomic E-state index is -0.448. The van der Waals surface area contributed by atoms with Crippen LogP contribution in [0.25, 0.3) is 0 Å². The summed E-state index contributed by atoms with van der Waals surface area (Å²) in [7, 11) is 0. The van der Waals surface area contributed by atoms with Gasteiger partial charge in [-0.05, 0) is 50.6 Å². The Morgan fingerprint density at radius 3 is 2.62 bits per heavy atom. The van der Waals surface area contributed by atoms with Crippen LogP contribution in [0.4, 0.5) is 5.69 Å². The van der Waals surface area contributed by atoms with Crippen LogP contribution in [0.5, 0.6) is 11.5 Å². The number of hydrogen-bond donors (Lipinski definition) is 2. The fraction of sp³-hybridized carbons (Fsp3) is 0.364. The summed E-state index contributed by atoms with van der Waals surface area (Å²) in [5.74, 6) is 1.03. The Labute approximate surface area is 175 Å². The third-order valence-electron chi connectivity index (χ3n) is 4.52. The second-order valence-electron chi connectivity index (χ2n) is 6.66. The van der Waals surface area contributed by atoms with Gasteiger partial charge in [0.25, 0.3) is 0 Å². The van der Waals surface area contributed by atoms with Gasteiger partial charge in [0.1, 0.15) is 0 Å². The Kier molecular flexibility index (Phi) is 7.04. The van der Waals surface area contributed by atoms with Crippen LogP contribution in [0.3, 0.4) is 0 Å². The average Bonchev–Trinajstić information content (AvgIpc) is 2.70. The normalized spacial score (nSPS) is 16.4. The average molecular weight is 415 g/mol. The monoisotopic (exact) mass is 414 g/mol. The number of benzene rings is 2. The maximum absolute atomic E-state index is 12.6. The summed E-state index contributed by atoms with van der Waals surface area (Å²) >= 11 is 1.42. The van der Waals surface area contributed by atoms with Crippen molar-refractivity contribution in [2.45, 2.75) is 43.4 Å². The molecule has 2 N–H and O–H groups in total. The standard InChI is InChI=1S/C22H26N2O4S/c1-4-27-17-11-10-15(12-18(17)28-5-2)14(3)23-21(25)13-20-22(26)24-16-8-6-7-9-19(16)29-20/h6-12,14,20H,4-5,13H2,1-3H3,(H,23,25)(H,24,26). The molecule has 29 heavy (non-hydrogen) atoms. The first-order valence-electron chi connectivity index (χ1n) is 9.77. The Morgan fingerprint density at radius 1 is 1.14 bits per heavy atom. The molecule has 2 unspecified atom stereocenters. The highest BCUT2D eigenvalue weighted by Gasteiger charge is 2.29. The molecule has 2 atom stereocenters. The molecule has 0 saturated heterocycles. The molecule has 0 radical (unpaired) electrons. The number of nitrogens with one attached hydrogen (secondary N) is 2. The van der Waals surface area contributed by atoms with E-state index in [1.165, 1.54) is 11.8 Å². The van der Waals surface area contributed by atoms with E-state index >= 15 is 0 Å². The maximum atomic E-state index is 12.6. The minimum Gasteiger partial charge on any atom is -0.490 e. The molecule has 6 nitrogen and oxygen atoms in total. The highest BCUT2D eigenvalue weighted by Crippen LogP contribution is 2.36. The number of anilines is 1. The van der Waals surface area contributed by atoms with E-state index in [-0.39, 0.29) is 24.3 Å². The molecule has 2 aromatic rings. The topological polar surface area (TPSA) is 76.7 Å². The molecule has 0 fully saturated rings. The minimum absolute atomic E-state index is 0.116. The number of rotatable bonds is 8. The molecule has 3 rings (SSSR count). The maximum Gasteiger partial charge on any atom is 0.238 e. The van der Waals surface area contributed by atoms with E-state index in [0.29, 0.717) is 24.7 Å². The molecule has 1 aliphatic rings. The van der Waals surface area contributed by atoms with Gasteiger partial charge in [-0.1, -0.05) is 18.2 Å². The number of ether oxygens (including phenoxy) is 2. The van der Waals surface area contributed by atoms with Crippen LogP contribution in [0, 0.1) is 0 Å². The van der Waals surface area contributed by atoms with Gasteiger partial charge in [0.15, 0.2) is 11.5 Å². The Morgan fingerprint density at radius 2 is 1.86 bits per heavy atom. The van der Waals surface area contributed by atoms with Crippen molar-refractivity contribution in [3.8, 4) is 11.5 Å².